The lowest BCUT2D eigenvalue weighted by Gasteiger charge is -2.18. The van der Waals surface area contributed by atoms with Gasteiger partial charge in [0.25, 0.3) is 11.8 Å². The number of carbonyl (C=O) groups is 2. The summed E-state index contributed by atoms with van der Waals surface area (Å²) >= 11 is 6.69. The number of nitrogens with two attached hydrogens (primary N) is 1. The molecule has 0 saturated heterocycles. The first-order valence-corrected chi connectivity index (χ1v) is 8.54. The number of aliphatic hydroxyl groups excluding tert-OH is 1. The molecule has 5 N–H and O–H groups in total. The van der Waals surface area contributed by atoms with Crippen LogP contribution in [0.1, 0.15) is 19.8 Å². The Morgan fingerprint density at radius 1 is 1.50 bits per heavy atom. The molecule has 0 heterocycles. The van der Waals surface area contributed by atoms with Crippen LogP contribution in [-0.4, -0.2) is 45.4 Å². The van der Waals surface area contributed by atoms with Crippen molar-refractivity contribution in [3.8, 4) is 0 Å². The van der Waals surface area contributed by atoms with Crippen molar-refractivity contribution in [1.29, 1.82) is 0 Å². The highest BCUT2D eigenvalue weighted by Crippen LogP contribution is 2.08. The van der Waals surface area contributed by atoms with E-state index in [2.05, 4.69) is 10.9 Å². The van der Waals surface area contributed by atoms with E-state index in [1.807, 2.05) is 6.92 Å². The van der Waals surface area contributed by atoms with Crippen molar-refractivity contribution in [3.05, 3.63) is 23.8 Å². The van der Waals surface area contributed by atoms with Gasteiger partial charge in [0.15, 0.2) is 0 Å². The molecule has 0 aromatic rings. The summed E-state index contributed by atoms with van der Waals surface area (Å²) in [5.74, 6) is 0.498. The lowest BCUT2D eigenvalue weighted by molar-refractivity contribution is -0.134. The molecule has 122 valence electrons. The summed E-state index contributed by atoms with van der Waals surface area (Å²) in [6, 6.07) is -0.669. The van der Waals surface area contributed by atoms with Gasteiger partial charge < -0.3 is 10.8 Å². The molecule has 0 saturated carbocycles. The third-order valence-electron chi connectivity index (χ3n) is 2.97. The minimum absolute atomic E-state index is 0.356. The Bertz CT molecular complexity index is 492. The first-order chi connectivity index (χ1) is 10.5. The van der Waals surface area contributed by atoms with E-state index >= 15 is 0 Å². The number of thioether (sulfide) groups is 1. The highest BCUT2D eigenvalue weighted by atomic mass is 32.2. The summed E-state index contributed by atoms with van der Waals surface area (Å²) in [4.78, 5) is 24.2. The van der Waals surface area contributed by atoms with Crippen molar-refractivity contribution in [2.75, 3.05) is 11.5 Å². The number of carbonyl (C=O) groups excluding carboxylic acids is 2. The van der Waals surface area contributed by atoms with Crippen LogP contribution in [0.2, 0.25) is 0 Å². The molecule has 0 aliphatic heterocycles. The van der Waals surface area contributed by atoms with Crippen LogP contribution in [0.5, 0.6) is 0 Å². The topological polar surface area (TPSA) is 104 Å². The number of hydrogen-bond donors (Lipinski definition) is 4. The molecule has 22 heavy (non-hydrogen) atoms. The van der Waals surface area contributed by atoms with Gasteiger partial charge in [-0.05, 0) is 24.0 Å². The van der Waals surface area contributed by atoms with E-state index in [1.54, 1.807) is 30.0 Å². The van der Waals surface area contributed by atoms with E-state index in [-0.39, 0.29) is 0 Å². The molecule has 0 bridgehead atoms. The maximum atomic E-state index is 11.8. The first kappa shape index (κ1) is 18.8. The maximum absolute atomic E-state index is 11.8. The van der Waals surface area contributed by atoms with E-state index in [4.69, 9.17) is 18.0 Å². The standard InChI is InChI=1S/C14H21N3O3S2/c1-2-22-7-6-11(15)12(18)14(20)17-16-13(19)9-4-3-5-10(21)8-9/h3-4,8,11-12,18H,2,5-7,15H2,1H3,(H,16,19)(H,17,20)/t11-,12?/m1/s1. The zero-order valence-electron chi connectivity index (χ0n) is 12.4. The molecule has 0 aromatic heterocycles. The maximum Gasteiger partial charge on any atom is 0.269 e. The summed E-state index contributed by atoms with van der Waals surface area (Å²) in [7, 11) is 0. The number of allylic oxidation sites excluding steroid dienone is 2. The molecule has 0 spiro atoms. The normalized spacial score (nSPS) is 16.7. The van der Waals surface area contributed by atoms with Gasteiger partial charge >= 0.3 is 0 Å². The predicted molar refractivity (Wildman–Crippen MR) is 92.3 cm³/mol. The number of aliphatic hydroxyl groups is 1. The minimum atomic E-state index is -1.37. The van der Waals surface area contributed by atoms with Crippen LogP contribution in [0.15, 0.2) is 23.8 Å². The molecule has 1 aliphatic rings. The van der Waals surface area contributed by atoms with Crippen molar-refractivity contribution >= 4 is 40.7 Å². The van der Waals surface area contributed by atoms with Crippen LogP contribution in [0.4, 0.5) is 0 Å². The second kappa shape index (κ2) is 9.73. The molecule has 0 radical (unpaired) electrons. The smallest absolute Gasteiger partial charge is 0.269 e. The quantitative estimate of drug-likeness (QED) is 0.299. The highest BCUT2D eigenvalue weighted by molar-refractivity contribution is 7.99. The molecular weight excluding hydrogens is 322 g/mol. The molecule has 8 heteroatoms. The van der Waals surface area contributed by atoms with Gasteiger partial charge in [0.2, 0.25) is 0 Å². The lowest BCUT2D eigenvalue weighted by atomic mass is 10.1. The van der Waals surface area contributed by atoms with Crippen molar-refractivity contribution < 1.29 is 14.7 Å². The molecule has 0 aromatic carbocycles. The Labute approximate surface area is 139 Å². The number of amides is 2. The average Bonchev–Trinajstić information content (AvgIpc) is 2.51. The van der Waals surface area contributed by atoms with Gasteiger partial charge in [0.1, 0.15) is 6.10 Å². The van der Waals surface area contributed by atoms with Crippen LogP contribution < -0.4 is 16.6 Å². The third-order valence-corrected chi connectivity index (χ3v) is 4.19. The number of thiocarbonyl (C=S) groups is 1. The van der Waals surface area contributed by atoms with Crippen LogP contribution in [-0.2, 0) is 9.59 Å². The summed E-state index contributed by atoms with van der Waals surface area (Å²) in [6.07, 6.45) is 4.75. The van der Waals surface area contributed by atoms with Crippen LogP contribution in [0.25, 0.3) is 0 Å². The number of rotatable bonds is 7. The Morgan fingerprint density at radius 3 is 2.86 bits per heavy atom. The summed E-state index contributed by atoms with van der Waals surface area (Å²) < 4.78 is 0. The molecule has 6 nitrogen and oxygen atoms in total. The number of nitrogens with one attached hydrogen (secondary N) is 2. The number of hydrogen-bond acceptors (Lipinski definition) is 6. The molecule has 1 rings (SSSR count). The third kappa shape index (κ3) is 6.27. The summed E-state index contributed by atoms with van der Waals surface area (Å²) in [5, 5.41) is 9.80. The molecular formula is C14H21N3O3S2. The molecule has 2 atom stereocenters. The SMILES string of the molecule is CCSCC[C@@H](N)C(O)C(=O)NNC(=O)C1=CC(=S)CC=C1. The van der Waals surface area contributed by atoms with Gasteiger partial charge in [-0.25, -0.2) is 0 Å². The zero-order chi connectivity index (χ0) is 16.5. The van der Waals surface area contributed by atoms with Crippen LogP contribution >= 0.6 is 24.0 Å². The van der Waals surface area contributed by atoms with Crippen molar-refractivity contribution in [2.45, 2.75) is 31.9 Å². The van der Waals surface area contributed by atoms with Crippen molar-refractivity contribution in [1.82, 2.24) is 10.9 Å². The Kier molecular flexibility index (Phi) is 8.32. The van der Waals surface area contributed by atoms with Crippen molar-refractivity contribution in [3.63, 3.8) is 0 Å². The van der Waals surface area contributed by atoms with Gasteiger partial charge in [-0.3, -0.25) is 20.4 Å². The lowest BCUT2D eigenvalue weighted by Crippen LogP contribution is -2.52. The fourth-order valence-electron chi connectivity index (χ4n) is 1.70. The fraction of sp³-hybridized carbons (Fsp3) is 0.500. The summed E-state index contributed by atoms with van der Waals surface area (Å²) in [5.41, 5.74) is 10.5. The van der Waals surface area contributed by atoms with E-state index in [0.717, 1.165) is 11.5 Å². The van der Waals surface area contributed by atoms with Gasteiger partial charge in [-0.1, -0.05) is 31.3 Å². The van der Waals surface area contributed by atoms with Gasteiger partial charge in [0.05, 0.1) is 0 Å². The first-order valence-electron chi connectivity index (χ1n) is 6.98. The molecule has 2 amide bonds. The number of hydrazine groups is 1. The van der Waals surface area contributed by atoms with Gasteiger partial charge in [0, 0.05) is 22.9 Å². The molecule has 1 unspecified atom stereocenters. The summed E-state index contributed by atoms with van der Waals surface area (Å²) in [6.45, 7) is 2.02. The van der Waals surface area contributed by atoms with Gasteiger partial charge in [-0.2, -0.15) is 11.8 Å². The van der Waals surface area contributed by atoms with E-state index in [1.165, 1.54) is 0 Å². The van der Waals surface area contributed by atoms with Crippen LogP contribution in [0, 0.1) is 0 Å². The molecule has 1 aliphatic carbocycles. The fourth-order valence-corrected chi connectivity index (χ4v) is 2.65. The average molecular weight is 343 g/mol. The largest absolute Gasteiger partial charge is 0.382 e. The van der Waals surface area contributed by atoms with Crippen molar-refractivity contribution in [2.24, 2.45) is 5.73 Å². The Balaban J connectivity index is 2.40. The van der Waals surface area contributed by atoms with Gasteiger partial charge in [-0.15, -0.1) is 0 Å². The van der Waals surface area contributed by atoms with E-state index < -0.39 is 24.0 Å². The minimum Gasteiger partial charge on any atom is -0.382 e. The second-order valence-electron chi connectivity index (χ2n) is 4.71. The van der Waals surface area contributed by atoms with E-state index in [0.29, 0.717) is 23.3 Å². The monoisotopic (exact) mass is 343 g/mol. The van der Waals surface area contributed by atoms with Crippen LogP contribution in [0.3, 0.4) is 0 Å². The van der Waals surface area contributed by atoms with E-state index in [9.17, 15) is 14.7 Å². The molecule has 0 fully saturated rings. The second-order valence-corrected chi connectivity index (χ2v) is 6.63. The Morgan fingerprint density at radius 2 is 2.23 bits per heavy atom. The highest BCUT2D eigenvalue weighted by Gasteiger charge is 2.23. The zero-order valence-corrected chi connectivity index (χ0v) is 14.0. The predicted octanol–water partition coefficient (Wildman–Crippen LogP) is 0.221. The Hall–Kier alpha value is -1.22.